The summed E-state index contributed by atoms with van der Waals surface area (Å²) < 4.78 is 1.27. The van der Waals surface area contributed by atoms with Crippen LogP contribution in [-0.2, 0) is 19.4 Å². The van der Waals surface area contributed by atoms with Crippen molar-refractivity contribution in [2.45, 2.75) is 45.2 Å². The van der Waals surface area contributed by atoms with Gasteiger partial charge >= 0.3 is 0 Å². The second-order valence-electron chi connectivity index (χ2n) is 4.98. The van der Waals surface area contributed by atoms with Crippen molar-refractivity contribution in [2.24, 2.45) is 0 Å². The van der Waals surface area contributed by atoms with E-state index in [0.29, 0.717) is 6.04 Å². The predicted molar refractivity (Wildman–Crippen MR) is 88.2 cm³/mol. The Labute approximate surface area is 131 Å². The van der Waals surface area contributed by atoms with Crippen molar-refractivity contribution < 1.29 is 0 Å². The molecule has 2 aromatic heterocycles. The summed E-state index contributed by atoms with van der Waals surface area (Å²) in [5, 5.41) is 5.98. The molecule has 0 saturated heterocycles. The average molecular weight is 356 g/mol. The van der Waals surface area contributed by atoms with Crippen LogP contribution < -0.4 is 5.32 Å². The number of thiophene rings is 2. The molecular formula is C15H18BrNS2. The van der Waals surface area contributed by atoms with Gasteiger partial charge in [-0.1, -0.05) is 6.92 Å². The van der Waals surface area contributed by atoms with E-state index < -0.39 is 0 Å². The number of nitrogens with one attached hydrogen (secondary N) is 1. The molecule has 1 nitrogen and oxygen atoms in total. The molecule has 0 aromatic carbocycles. The Kier molecular flexibility index (Phi) is 4.42. The fourth-order valence-corrected chi connectivity index (χ4v) is 5.53. The van der Waals surface area contributed by atoms with E-state index in [9.17, 15) is 0 Å². The lowest BCUT2D eigenvalue weighted by Gasteiger charge is -2.23. The van der Waals surface area contributed by atoms with Crippen molar-refractivity contribution in [3.05, 3.63) is 42.2 Å². The number of rotatable bonds is 4. The average Bonchev–Trinajstić information content (AvgIpc) is 3.00. The minimum absolute atomic E-state index is 0.540. The first-order chi connectivity index (χ1) is 9.28. The van der Waals surface area contributed by atoms with E-state index in [2.05, 4.69) is 45.7 Å². The molecule has 0 saturated carbocycles. The molecule has 0 bridgehead atoms. The van der Waals surface area contributed by atoms with Gasteiger partial charge in [0.05, 0.1) is 3.79 Å². The van der Waals surface area contributed by atoms with Gasteiger partial charge in [-0.15, -0.1) is 22.7 Å². The van der Waals surface area contributed by atoms with E-state index in [1.807, 2.05) is 22.7 Å². The summed E-state index contributed by atoms with van der Waals surface area (Å²) in [6.07, 6.45) is 4.97. The van der Waals surface area contributed by atoms with Crippen LogP contribution >= 0.6 is 38.6 Å². The van der Waals surface area contributed by atoms with E-state index in [1.165, 1.54) is 39.1 Å². The van der Waals surface area contributed by atoms with Gasteiger partial charge in [-0.05, 0) is 70.3 Å². The summed E-state index contributed by atoms with van der Waals surface area (Å²) in [5.41, 5.74) is 3.03. The summed E-state index contributed by atoms with van der Waals surface area (Å²) in [6.45, 7) is 3.25. The number of aryl methyl sites for hydroxylation is 2. The van der Waals surface area contributed by atoms with Gasteiger partial charge in [-0.3, -0.25) is 0 Å². The fraction of sp³-hybridized carbons (Fsp3) is 0.467. The summed E-state index contributed by atoms with van der Waals surface area (Å²) in [7, 11) is 0. The van der Waals surface area contributed by atoms with E-state index in [-0.39, 0.29) is 0 Å². The Hall–Kier alpha value is -0.160. The van der Waals surface area contributed by atoms with Crippen LogP contribution in [0.3, 0.4) is 0 Å². The smallest absolute Gasteiger partial charge is 0.0704 e. The Morgan fingerprint density at radius 3 is 3.21 bits per heavy atom. The lowest BCUT2D eigenvalue weighted by Crippen LogP contribution is -2.23. The second kappa shape index (κ2) is 6.08. The number of hydrogen-bond donors (Lipinski definition) is 1. The fourth-order valence-electron chi connectivity index (χ4n) is 2.79. The van der Waals surface area contributed by atoms with Gasteiger partial charge in [0.2, 0.25) is 0 Å². The normalized spacial score (nSPS) is 18.5. The number of hydrogen-bond acceptors (Lipinski definition) is 3. The van der Waals surface area contributed by atoms with Gasteiger partial charge < -0.3 is 5.32 Å². The van der Waals surface area contributed by atoms with Crippen LogP contribution in [0.5, 0.6) is 0 Å². The van der Waals surface area contributed by atoms with Crippen molar-refractivity contribution >= 4 is 38.6 Å². The van der Waals surface area contributed by atoms with Crippen LogP contribution in [0.4, 0.5) is 0 Å². The molecule has 2 aromatic rings. The van der Waals surface area contributed by atoms with Gasteiger partial charge in [0.1, 0.15) is 0 Å². The van der Waals surface area contributed by atoms with Crippen molar-refractivity contribution in [3.8, 4) is 0 Å². The lowest BCUT2D eigenvalue weighted by molar-refractivity contribution is 0.464. The van der Waals surface area contributed by atoms with Gasteiger partial charge in [0.15, 0.2) is 0 Å². The highest BCUT2D eigenvalue weighted by Gasteiger charge is 2.22. The van der Waals surface area contributed by atoms with E-state index in [0.717, 1.165) is 13.0 Å². The largest absolute Gasteiger partial charge is 0.305 e. The first kappa shape index (κ1) is 13.8. The number of halogens is 1. The molecule has 1 N–H and O–H groups in total. The molecule has 0 fully saturated rings. The SMILES string of the molecule is CCc1ccsc1CNC1CCCc2sc(Br)cc21. The van der Waals surface area contributed by atoms with Crippen molar-refractivity contribution in [1.82, 2.24) is 5.32 Å². The third-order valence-corrected chi connectivity index (χ3v) is 6.49. The lowest BCUT2D eigenvalue weighted by atomic mass is 9.94. The first-order valence-corrected chi connectivity index (χ1v) is 9.33. The Bertz CT molecular complexity index is 558. The van der Waals surface area contributed by atoms with Gasteiger partial charge in [0.25, 0.3) is 0 Å². The molecule has 3 rings (SSSR count). The third kappa shape index (κ3) is 2.97. The van der Waals surface area contributed by atoms with Crippen LogP contribution in [0.1, 0.15) is 46.7 Å². The zero-order chi connectivity index (χ0) is 13.2. The summed E-state index contributed by atoms with van der Waals surface area (Å²) >= 11 is 7.41. The molecule has 4 heteroatoms. The maximum absolute atomic E-state index is 3.76. The molecule has 1 atom stereocenters. The quantitative estimate of drug-likeness (QED) is 0.784. The molecule has 0 aliphatic heterocycles. The van der Waals surface area contributed by atoms with Crippen LogP contribution in [0, 0.1) is 0 Å². The highest BCUT2D eigenvalue weighted by molar-refractivity contribution is 9.11. The van der Waals surface area contributed by atoms with Gasteiger partial charge in [0, 0.05) is 22.3 Å². The van der Waals surface area contributed by atoms with E-state index in [1.54, 1.807) is 4.88 Å². The van der Waals surface area contributed by atoms with Crippen molar-refractivity contribution in [2.75, 3.05) is 0 Å². The third-order valence-electron chi connectivity index (χ3n) is 3.81. The summed E-state index contributed by atoms with van der Waals surface area (Å²) in [5.74, 6) is 0. The Morgan fingerprint density at radius 2 is 2.37 bits per heavy atom. The first-order valence-electron chi connectivity index (χ1n) is 6.84. The predicted octanol–water partition coefficient (Wildman–Crippen LogP) is 5.30. The maximum Gasteiger partial charge on any atom is 0.0704 e. The van der Waals surface area contributed by atoms with Crippen molar-refractivity contribution in [3.63, 3.8) is 0 Å². The molecule has 0 radical (unpaired) electrons. The molecule has 2 heterocycles. The summed E-state index contributed by atoms with van der Waals surface area (Å²) in [6, 6.07) is 5.11. The summed E-state index contributed by atoms with van der Waals surface area (Å²) in [4.78, 5) is 3.07. The van der Waals surface area contributed by atoms with Crippen LogP contribution in [0.2, 0.25) is 0 Å². The molecule has 1 unspecified atom stereocenters. The highest BCUT2D eigenvalue weighted by Crippen LogP contribution is 2.38. The van der Waals surface area contributed by atoms with Crippen LogP contribution in [-0.4, -0.2) is 0 Å². The molecule has 1 aliphatic rings. The Balaban J connectivity index is 1.71. The van der Waals surface area contributed by atoms with E-state index in [4.69, 9.17) is 0 Å². The standard InChI is InChI=1S/C15H18BrNS2/c1-2-10-6-7-18-14(10)9-17-12-4-3-5-13-11(12)8-15(16)19-13/h6-8,12,17H,2-5,9H2,1H3. The van der Waals surface area contributed by atoms with Gasteiger partial charge in [-0.2, -0.15) is 0 Å². The highest BCUT2D eigenvalue weighted by atomic mass is 79.9. The van der Waals surface area contributed by atoms with E-state index >= 15 is 0 Å². The molecule has 1 aliphatic carbocycles. The second-order valence-corrected chi connectivity index (χ2v) is 8.49. The molecule has 19 heavy (non-hydrogen) atoms. The minimum atomic E-state index is 0.540. The topological polar surface area (TPSA) is 12.0 Å². The molecule has 0 amide bonds. The zero-order valence-corrected chi connectivity index (χ0v) is 14.3. The maximum atomic E-state index is 3.76. The molecule has 0 spiro atoms. The minimum Gasteiger partial charge on any atom is -0.305 e. The Morgan fingerprint density at radius 1 is 1.47 bits per heavy atom. The number of fused-ring (bicyclic) bond motifs is 1. The van der Waals surface area contributed by atoms with Crippen molar-refractivity contribution in [1.29, 1.82) is 0 Å². The zero-order valence-electron chi connectivity index (χ0n) is 11.0. The van der Waals surface area contributed by atoms with Crippen LogP contribution in [0.15, 0.2) is 21.3 Å². The van der Waals surface area contributed by atoms with Crippen LogP contribution in [0.25, 0.3) is 0 Å². The molecule has 102 valence electrons. The molecular weight excluding hydrogens is 338 g/mol. The monoisotopic (exact) mass is 355 g/mol. The van der Waals surface area contributed by atoms with Gasteiger partial charge in [-0.25, -0.2) is 0 Å².